The average molecular weight is 181 g/mol. The van der Waals surface area contributed by atoms with E-state index in [0.29, 0.717) is 0 Å². The van der Waals surface area contributed by atoms with Gasteiger partial charge in [0.2, 0.25) is 0 Å². The minimum absolute atomic E-state index is 0.770. The Morgan fingerprint density at radius 1 is 1.31 bits per heavy atom. The molecule has 0 saturated carbocycles. The summed E-state index contributed by atoms with van der Waals surface area (Å²) in [5.41, 5.74) is 0. The molecule has 0 N–H and O–H groups in total. The van der Waals surface area contributed by atoms with Crippen molar-refractivity contribution in [2.75, 3.05) is 6.61 Å². The first kappa shape index (κ1) is 11.9. The normalized spacial score (nSPS) is 8.54. The minimum Gasteiger partial charge on any atom is -0.492 e. The van der Waals surface area contributed by atoms with Crippen LogP contribution in [0.4, 0.5) is 0 Å². The third-order valence-electron chi connectivity index (χ3n) is 1.11. The summed E-state index contributed by atoms with van der Waals surface area (Å²) in [5.74, 6) is 0.851. The fourth-order valence-corrected chi connectivity index (χ4v) is 0.652. The summed E-state index contributed by atoms with van der Waals surface area (Å²) < 4.78 is 5.29. The van der Waals surface area contributed by atoms with Crippen LogP contribution in [-0.2, 0) is 0 Å². The maximum Gasteiger partial charge on any atom is 0.137 e. The van der Waals surface area contributed by atoms with Crippen LogP contribution in [0.5, 0.6) is 5.75 Å². The van der Waals surface area contributed by atoms with Crippen molar-refractivity contribution in [3.05, 3.63) is 24.5 Å². The standard InChI is InChI=1S/C8H11NO.C3H8/c1-2-6-10-8-4-3-5-9-7-8;1-3-2/h3-5,7H,2,6H2,1H3;3H2,1-2H3. The van der Waals surface area contributed by atoms with Gasteiger partial charge in [0.05, 0.1) is 12.8 Å². The molecule has 1 heterocycles. The molecule has 0 atom stereocenters. The van der Waals surface area contributed by atoms with Crippen LogP contribution in [0.1, 0.15) is 33.6 Å². The zero-order valence-corrected chi connectivity index (χ0v) is 8.79. The number of hydrogen-bond donors (Lipinski definition) is 0. The van der Waals surface area contributed by atoms with Crippen molar-refractivity contribution in [3.8, 4) is 5.75 Å². The van der Waals surface area contributed by atoms with Crippen molar-refractivity contribution in [1.29, 1.82) is 0 Å². The molecule has 0 fully saturated rings. The van der Waals surface area contributed by atoms with Crippen molar-refractivity contribution in [1.82, 2.24) is 4.98 Å². The molecule has 1 rings (SSSR count). The van der Waals surface area contributed by atoms with Crippen molar-refractivity contribution >= 4 is 0 Å². The highest BCUT2D eigenvalue weighted by Gasteiger charge is 1.87. The van der Waals surface area contributed by atoms with Gasteiger partial charge < -0.3 is 4.74 Å². The van der Waals surface area contributed by atoms with Gasteiger partial charge in [0.15, 0.2) is 0 Å². The highest BCUT2D eigenvalue weighted by molar-refractivity contribution is 5.15. The van der Waals surface area contributed by atoms with Crippen molar-refractivity contribution in [2.24, 2.45) is 0 Å². The van der Waals surface area contributed by atoms with Crippen LogP contribution in [0.25, 0.3) is 0 Å². The Kier molecular flexibility index (Phi) is 8.31. The lowest BCUT2D eigenvalue weighted by Gasteiger charge is -2.01. The molecule has 0 aliphatic heterocycles. The molecule has 0 saturated heterocycles. The Balaban J connectivity index is 0.000000424. The Bertz CT molecular complexity index is 187. The van der Waals surface area contributed by atoms with Crippen LogP contribution in [0.3, 0.4) is 0 Å². The van der Waals surface area contributed by atoms with E-state index in [1.807, 2.05) is 12.1 Å². The average Bonchev–Trinajstić information content (AvgIpc) is 2.18. The Labute approximate surface area is 81.0 Å². The van der Waals surface area contributed by atoms with Gasteiger partial charge >= 0.3 is 0 Å². The topological polar surface area (TPSA) is 22.1 Å². The van der Waals surface area contributed by atoms with Gasteiger partial charge in [-0.2, -0.15) is 0 Å². The first-order chi connectivity index (χ1) is 6.35. The Morgan fingerprint density at radius 3 is 2.46 bits per heavy atom. The van der Waals surface area contributed by atoms with E-state index in [-0.39, 0.29) is 0 Å². The van der Waals surface area contributed by atoms with Crippen LogP contribution in [0.15, 0.2) is 24.5 Å². The molecule has 74 valence electrons. The van der Waals surface area contributed by atoms with E-state index in [1.54, 1.807) is 12.4 Å². The molecule has 0 amide bonds. The molecule has 13 heavy (non-hydrogen) atoms. The van der Waals surface area contributed by atoms with Crippen LogP contribution >= 0.6 is 0 Å². The van der Waals surface area contributed by atoms with E-state index < -0.39 is 0 Å². The van der Waals surface area contributed by atoms with E-state index in [2.05, 4.69) is 25.8 Å². The second-order valence-electron chi connectivity index (χ2n) is 2.74. The molecule has 0 unspecified atom stereocenters. The first-order valence-electron chi connectivity index (χ1n) is 4.87. The molecule has 2 nitrogen and oxygen atoms in total. The van der Waals surface area contributed by atoms with Crippen LogP contribution < -0.4 is 4.74 Å². The molecule has 0 radical (unpaired) electrons. The fraction of sp³-hybridized carbons (Fsp3) is 0.545. The molecule has 0 spiro atoms. The second-order valence-corrected chi connectivity index (χ2v) is 2.74. The first-order valence-corrected chi connectivity index (χ1v) is 4.87. The third-order valence-corrected chi connectivity index (χ3v) is 1.11. The largest absolute Gasteiger partial charge is 0.492 e. The van der Waals surface area contributed by atoms with Gasteiger partial charge in [-0.15, -0.1) is 0 Å². The van der Waals surface area contributed by atoms with Gasteiger partial charge in [-0.05, 0) is 18.6 Å². The van der Waals surface area contributed by atoms with E-state index >= 15 is 0 Å². The van der Waals surface area contributed by atoms with Gasteiger partial charge in [0.25, 0.3) is 0 Å². The predicted octanol–water partition coefficient (Wildman–Crippen LogP) is 3.29. The van der Waals surface area contributed by atoms with Crippen LogP contribution in [0, 0.1) is 0 Å². The SMILES string of the molecule is CCC.CCCOc1cccnc1. The maximum absolute atomic E-state index is 5.29. The predicted molar refractivity (Wildman–Crippen MR) is 56.0 cm³/mol. The molecular formula is C11H19NO. The van der Waals surface area contributed by atoms with Crippen LogP contribution in [0.2, 0.25) is 0 Å². The zero-order chi connectivity index (χ0) is 9.94. The lowest BCUT2D eigenvalue weighted by atomic mass is 10.4. The number of nitrogens with zero attached hydrogens (tertiary/aromatic N) is 1. The molecule has 2 heteroatoms. The fourth-order valence-electron chi connectivity index (χ4n) is 0.652. The number of ether oxygens (including phenoxy) is 1. The summed E-state index contributed by atoms with van der Waals surface area (Å²) in [5, 5.41) is 0. The molecule has 0 aliphatic carbocycles. The number of pyridine rings is 1. The number of aromatic nitrogens is 1. The van der Waals surface area contributed by atoms with E-state index in [1.165, 1.54) is 6.42 Å². The lowest BCUT2D eigenvalue weighted by Crippen LogP contribution is -1.94. The number of hydrogen-bond acceptors (Lipinski definition) is 2. The molecular weight excluding hydrogens is 162 g/mol. The quantitative estimate of drug-likeness (QED) is 0.714. The zero-order valence-electron chi connectivity index (χ0n) is 8.79. The monoisotopic (exact) mass is 181 g/mol. The van der Waals surface area contributed by atoms with E-state index in [4.69, 9.17) is 4.74 Å². The van der Waals surface area contributed by atoms with Crippen LogP contribution in [-0.4, -0.2) is 11.6 Å². The maximum atomic E-state index is 5.29. The smallest absolute Gasteiger partial charge is 0.137 e. The Morgan fingerprint density at radius 2 is 2.00 bits per heavy atom. The highest BCUT2D eigenvalue weighted by Crippen LogP contribution is 2.05. The van der Waals surface area contributed by atoms with Gasteiger partial charge in [0.1, 0.15) is 5.75 Å². The van der Waals surface area contributed by atoms with Gasteiger partial charge in [-0.3, -0.25) is 4.98 Å². The molecule has 0 aromatic carbocycles. The summed E-state index contributed by atoms with van der Waals surface area (Å²) in [6, 6.07) is 3.77. The summed E-state index contributed by atoms with van der Waals surface area (Å²) in [6.45, 7) is 7.10. The van der Waals surface area contributed by atoms with Gasteiger partial charge in [-0.25, -0.2) is 0 Å². The lowest BCUT2D eigenvalue weighted by molar-refractivity contribution is 0.316. The van der Waals surface area contributed by atoms with Crippen molar-refractivity contribution < 1.29 is 4.74 Å². The number of rotatable bonds is 3. The second kappa shape index (κ2) is 9.04. The van der Waals surface area contributed by atoms with Gasteiger partial charge in [-0.1, -0.05) is 27.2 Å². The Hall–Kier alpha value is -1.05. The summed E-state index contributed by atoms with van der Waals surface area (Å²) in [6.07, 6.45) is 5.74. The molecule has 0 bridgehead atoms. The van der Waals surface area contributed by atoms with Crippen molar-refractivity contribution in [3.63, 3.8) is 0 Å². The van der Waals surface area contributed by atoms with E-state index in [9.17, 15) is 0 Å². The summed E-state index contributed by atoms with van der Waals surface area (Å²) >= 11 is 0. The summed E-state index contributed by atoms with van der Waals surface area (Å²) in [7, 11) is 0. The highest BCUT2D eigenvalue weighted by atomic mass is 16.5. The molecule has 1 aromatic rings. The minimum atomic E-state index is 0.770. The third kappa shape index (κ3) is 7.32. The summed E-state index contributed by atoms with van der Waals surface area (Å²) in [4.78, 5) is 3.91. The van der Waals surface area contributed by atoms with Crippen molar-refractivity contribution in [2.45, 2.75) is 33.6 Å². The van der Waals surface area contributed by atoms with Gasteiger partial charge in [0, 0.05) is 6.20 Å². The molecule has 1 aromatic heterocycles. The van der Waals surface area contributed by atoms with E-state index in [0.717, 1.165) is 18.8 Å². The molecule has 0 aliphatic rings.